The number of ether oxygens (including phenoxy) is 1. The number of anilines is 2. The summed E-state index contributed by atoms with van der Waals surface area (Å²) < 4.78 is 18.4. The van der Waals surface area contributed by atoms with E-state index in [1.807, 2.05) is 0 Å². The Hall–Kier alpha value is -1.82. The van der Waals surface area contributed by atoms with E-state index in [1.165, 1.54) is 13.2 Å². The second kappa shape index (κ2) is 8.46. The molecule has 0 saturated heterocycles. The summed E-state index contributed by atoms with van der Waals surface area (Å²) in [5.41, 5.74) is 6.14. The first-order valence-corrected chi connectivity index (χ1v) is 7.17. The molecule has 3 N–H and O–H groups in total. The van der Waals surface area contributed by atoms with Crippen LogP contribution >= 0.6 is 0 Å². The number of nitrogens with two attached hydrogens (primary N) is 1. The summed E-state index contributed by atoms with van der Waals surface area (Å²) in [5.74, 6) is -1.04. The first-order valence-electron chi connectivity index (χ1n) is 7.17. The summed E-state index contributed by atoms with van der Waals surface area (Å²) in [7, 11) is 1.27. The van der Waals surface area contributed by atoms with Gasteiger partial charge in [-0.05, 0) is 38.2 Å². The van der Waals surface area contributed by atoms with E-state index in [-0.39, 0.29) is 16.9 Å². The Kier molecular flexibility index (Phi) is 6.94. The molecule has 0 aromatic heterocycles. The lowest BCUT2D eigenvalue weighted by molar-refractivity contribution is 0.0602. The van der Waals surface area contributed by atoms with E-state index in [0.717, 1.165) is 32.1 Å². The van der Waals surface area contributed by atoms with Gasteiger partial charge in [0.25, 0.3) is 0 Å². The number of hydrogen-bond acceptors (Lipinski definition) is 5. The van der Waals surface area contributed by atoms with Crippen LogP contribution in [-0.2, 0) is 4.74 Å². The van der Waals surface area contributed by atoms with Crippen LogP contribution in [0.25, 0.3) is 0 Å². The molecule has 0 radical (unpaired) electrons. The third-order valence-corrected chi connectivity index (χ3v) is 3.41. The Morgan fingerprint density at radius 1 is 1.38 bits per heavy atom. The SMILES string of the molecule is CCN(CC)CCCNc1cc(C(=O)OC)c(N)cc1F. The first kappa shape index (κ1) is 17.2. The Morgan fingerprint density at radius 3 is 2.62 bits per heavy atom. The van der Waals surface area contributed by atoms with Gasteiger partial charge in [-0.1, -0.05) is 13.8 Å². The maximum Gasteiger partial charge on any atom is 0.340 e. The van der Waals surface area contributed by atoms with Crippen molar-refractivity contribution in [3.8, 4) is 0 Å². The number of halogens is 1. The highest BCUT2D eigenvalue weighted by atomic mass is 19.1. The molecule has 1 aromatic carbocycles. The molecule has 0 spiro atoms. The van der Waals surface area contributed by atoms with Crippen molar-refractivity contribution < 1.29 is 13.9 Å². The zero-order valence-corrected chi connectivity index (χ0v) is 12.9. The molecular weight excluding hydrogens is 273 g/mol. The highest BCUT2D eigenvalue weighted by Gasteiger charge is 2.14. The van der Waals surface area contributed by atoms with Crippen LogP contribution < -0.4 is 11.1 Å². The standard InChI is InChI=1S/C15H24FN3O2/c1-4-19(5-2)8-6-7-18-14-9-11(15(20)21-3)13(17)10-12(14)16/h9-10,18H,4-8,17H2,1-3H3. The molecule has 0 amide bonds. The van der Waals surface area contributed by atoms with Crippen LogP contribution in [0.1, 0.15) is 30.6 Å². The van der Waals surface area contributed by atoms with Gasteiger partial charge in [0.2, 0.25) is 0 Å². The van der Waals surface area contributed by atoms with Crippen molar-refractivity contribution in [2.24, 2.45) is 0 Å². The van der Waals surface area contributed by atoms with Crippen LogP contribution in [0.2, 0.25) is 0 Å². The lowest BCUT2D eigenvalue weighted by atomic mass is 10.1. The summed E-state index contributed by atoms with van der Waals surface area (Å²) in [6.45, 7) is 7.79. The average Bonchev–Trinajstić information content (AvgIpc) is 2.48. The normalized spacial score (nSPS) is 10.7. The van der Waals surface area contributed by atoms with E-state index in [2.05, 4.69) is 28.8 Å². The Morgan fingerprint density at radius 2 is 2.05 bits per heavy atom. The summed E-state index contributed by atoms with van der Waals surface area (Å²) in [6, 6.07) is 2.53. The minimum atomic E-state index is -0.571. The second-order valence-electron chi connectivity index (χ2n) is 4.72. The zero-order chi connectivity index (χ0) is 15.8. The van der Waals surface area contributed by atoms with Gasteiger partial charge in [-0.3, -0.25) is 0 Å². The number of methoxy groups -OCH3 is 1. The molecule has 0 unspecified atom stereocenters. The zero-order valence-electron chi connectivity index (χ0n) is 12.9. The van der Waals surface area contributed by atoms with Gasteiger partial charge in [0, 0.05) is 12.2 Å². The fraction of sp³-hybridized carbons (Fsp3) is 0.533. The third-order valence-electron chi connectivity index (χ3n) is 3.41. The quantitative estimate of drug-likeness (QED) is 0.438. The Bertz CT molecular complexity index is 476. The summed E-state index contributed by atoms with van der Waals surface area (Å²) in [4.78, 5) is 13.8. The van der Waals surface area contributed by atoms with Crippen LogP contribution in [0.4, 0.5) is 15.8 Å². The second-order valence-corrected chi connectivity index (χ2v) is 4.72. The van der Waals surface area contributed by atoms with Crippen molar-refractivity contribution in [2.45, 2.75) is 20.3 Å². The smallest absolute Gasteiger partial charge is 0.340 e. The predicted molar refractivity (Wildman–Crippen MR) is 83.0 cm³/mol. The lowest BCUT2D eigenvalue weighted by Crippen LogP contribution is -2.25. The molecule has 1 aromatic rings. The average molecular weight is 297 g/mol. The molecule has 0 bridgehead atoms. The van der Waals surface area contributed by atoms with Crippen LogP contribution in [0, 0.1) is 5.82 Å². The molecule has 21 heavy (non-hydrogen) atoms. The molecule has 6 heteroatoms. The number of nitrogens with one attached hydrogen (secondary N) is 1. The Balaban J connectivity index is 2.64. The van der Waals surface area contributed by atoms with Gasteiger partial charge in [-0.2, -0.15) is 0 Å². The minimum Gasteiger partial charge on any atom is -0.465 e. The van der Waals surface area contributed by atoms with Crippen LogP contribution in [0.3, 0.4) is 0 Å². The van der Waals surface area contributed by atoms with E-state index < -0.39 is 11.8 Å². The van der Waals surface area contributed by atoms with Gasteiger partial charge in [0.15, 0.2) is 0 Å². The van der Waals surface area contributed by atoms with E-state index in [0.29, 0.717) is 6.54 Å². The number of nitrogens with zero attached hydrogens (tertiary/aromatic N) is 1. The molecule has 0 heterocycles. The molecule has 1 rings (SSSR count). The van der Waals surface area contributed by atoms with Gasteiger partial charge >= 0.3 is 5.97 Å². The number of nitrogen functional groups attached to an aromatic ring is 1. The van der Waals surface area contributed by atoms with Gasteiger partial charge in [-0.15, -0.1) is 0 Å². The highest BCUT2D eigenvalue weighted by molar-refractivity contribution is 5.96. The van der Waals surface area contributed by atoms with Gasteiger partial charge < -0.3 is 20.7 Å². The number of esters is 1. The van der Waals surface area contributed by atoms with E-state index >= 15 is 0 Å². The molecule has 0 aliphatic heterocycles. The third kappa shape index (κ3) is 4.90. The molecule has 5 nitrogen and oxygen atoms in total. The van der Waals surface area contributed by atoms with E-state index in [4.69, 9.17) is 5.73 Å². The van der Waals surface area contributed by atoms with Gasteiger partial charge in [-0.25, -0.2) is 9.18 Å². The predicted octanol–water partition coefficient (Wildman–Crippen LogP) is 2.34. The summed E-state index contributed by atoms with van der Waals surface area (Å²) >= 11 is 0. The molecule has 0 saturated carbocycles. The van der Waals surface area contributed by atoms with Crippen molar-refractivity contribution in [2.75, 3.05) is 44.3 Å². The number of benzene rings is 1. The van der Waals surface area contributed by atoms with Crippen molar-refractivity contribution in [1.82, 2.24) is 4.90 Å². The Labute approximate surface area is 125 Å². The number of carbonyl (C=O) groups excluding carboxylic acids is 1. The number of carbonyl (C=O) groups is 1. The molecule has 0 atom stereocenters. The molecule has 0 aliphatic rings. The van der Waals surface area contributed by atoms with Gasteiger partial charge in [0.05, 0.1) is 18.4 Å². The highest BCUT2D eigenvalue weighted by Crippen LogP contribution is 2.22. The summed E-state index contributed by atoms with van der Waals surface area (Å²) in [5, 5.41) is 3.00. The topological polar surface area (TPSA) is 67.6 Å². The van der Waals surface area contributed by atoms with Crippen molar-refractivity contribution in [3.63, 3.8) is 0 Å². The van der Waals surface area contributed by atoms with Crippen molar-refractivity contribution in [1.29, 1.82) is 0 Å². The fourth-order valence-corrected chi connectivity index (χ4v) is 2.08. The minimum absolute atomic E-state index is 0.0769. The fourth-order valence-electron chi connectivity index (χ4n) is 2.08. The number of hydrogen-bond donors (Lipinski definition) is 2. The monoisotopic (exact) mass is 297 g/mol. The maximum atomic E-state index is 13.8. The maximum absolute atomic E-state index is 13.8. The number of rotatable bonds is 8. The van der Waals surface area contributed by atoms with Gasteiger partial charge in [0.1, 0.15) is 5.82 Å². The first-order chi connectivity index (χ1) is 10.0. The summed E-state index contributed by atoms with van der Waals surface area (Å²) in [6.07, 6.45) is 0.888. The van der Waals surface area contributed by atoms with Crippen molar-refractivity contribution >= 4 is 17.3 Å². The molecule has 0 aliphatic carbocycles. The van der Waals surface area contributed by atoms with E-state index in [9.17, 15) is 9.18 Å². The largest absolute Gasteiger partial charge is 0.465 e. The van der Waals surface area contributed by atoms with Crippen LogP contribution in [-0.4, -0.2) is 44.2 Å². The lowest BCUT2D eigenvalue weighted by Gasteiger charge is -2.18. The molecule has 118 valence electrons. The molecule has 0 fully saturated rings. The van der Waals surface area contributed by atoms with Crippen molar-refractivity contribution in [3.05, 3.63) is 23.5 Å². The van der Waals surface area contributed by atoms with E-state index in [1.54, 1.807) is 0 Å². The molecular formula is C15H24FN3O2. The van der Waals surface area contributed by atoms with Crippen LogP contribution in [0.15, 0.2) is 12.1 Å². The van der Waals surface area contributed by atoms with Crippen LogP contribution in [0.5, 0.6) is 0 Å².